The zero-order valence-electron chi connectivity index (χ0n) is 36.6. The second kappa shape index (κ2) is 17.0. The first-order valence-corrected chi connectivity index (χ1v) is 21.1. The fraction of sp³-hybridized carbons (Fsp3) is 0.522. The van der Waals surface area contributed by atoms with Crippen LogP contribution in [-0.2, 0) is 19.2 Å². The van der Waals surface area contributed by atoms with Crippen LogP contribution in [0.25, 0.3) is 33.6 Å². The molecular formula is C46H58F4N8O4. The molecule has 0 unspecified atom stereocenters. The third-order valence-electron chi connectivity index (χ3n) is 12.1. The van der Waals surface area contributed by atoms with E-state index in [0.29, 0.717) is 23.0 Å². The van der Waals surface area contributed by atoms with Crippen molar-refractivity contribution in [3.8, 4) is 33.6 Å². The largest absolute Gasteiger partial charge is 0.346 e. The van der Waals surface area contributed by atoms with Gasteiger partial charge in [-0.05, 0) is 47.6 Å². The summed E-state index contributed by atoms with van der Waals surface area (Å²) in [5.74, 6) is -6.77. The summed E-state index contributed by atoms with van der Waals surface area (Å²) in [6.45, 7) is 14.2. The standard InChI is InChI=1S/C46H58F4N8O4/c1-27(59)57-43(17-21-45(47,48)22-18-43)39(61)55-35(41(3,4)5)37-51-25-33(53-37)31-13-9-29(10-14-31)30-11-15-32(16-12-30)34-26-52-38(54-34)36(42(6,7)8)56-40(62)44(58-28(2)60)19-23-46(49,50)24-20-44/h9-16,25-26,35-36H,17-24H2,1-8H3,(H,51,53)(H,52,54)(H,55,61)(H,56,62)(H,57,59)(H,58,60)/t35-,36-/m1/s1. The number of nitrogens with one attached hydrogen (secondary N) is 6. The molecule has 2 fully saturated rings. The molecule has 16 heteroatoms. The van der Waals surface area contributed by atoms with E-state index in [1.54, 1.807) is 12.4 Å². The molecule has 4 amide bonds. The number of halogens is 4. The lowest BCUT2D eigenvalue weighted by Crippen LogP contribution is -2.62. The van der Waals surface area contributed by atoms with Gasteiger partial charge in [-0.25, -0.2) is 27.5 Å². The zero-order valence-corrected chi connectivity index (χ0v) is 36.6. The molecule has 6 rings (SSSR count). The Morgan fingerprint density at radius 1 is 0.532 bits per heavy atom. The fourth-order valence-corrected chi connectivity index (χ4v) is 8.44. The Hall–Kier alpha value is -5.54. The Morgan fingerprint density at radius 2 is 0.823 bits per heavy atom. The number of carbonyl (C=O) groups excluding carboxylic acids is 4. The van der Waals surface area contributed by atoms with E-state index in [9.17, 15) is 36.7 Å². The van der Waals surface area contributed by atoms with Gasteiger partial charge in [0.1, 0.15) is 22.7 Å². The molecule has 62 heavy (non-hydrogen) atoms. The van der Waals surface area contributed by atoms with Crippen LogP contribution < -0.4 is 21.3 Å². The van der Waals surface area contributed by atoms with Gasteiger partial charge in [-0.2, -0.15) is 0 Å². The van der Waals surface area contributed by atoms with Gasteiger partial charge in [0, 0.05) is 63.1 Å². The molecule has 6 N–H and O–H groups in total. The average molecular weight is 863 g/mol. The predicted octanol–water partition coefficient (Wildman–Crippen LogP) is 8.71. The van der Waals surface area contributed by atoms with E-state index in [4.69, 9.17) is 9.97 Å². The first-order valence-electron chi connectivity index (χ1n) is 21.1. The van der Waals surface area contributed by atoms with Crippen molar-refractivity contribution < 1.29 is 36.7 Å². The molecule has 2 heterocycles. The van der Waals surface area contributed by atoms with Crippen molar-refractivity contribution in [2.45, 2.75) is 142 Å². The molecule has 2 saturated carbocycles. The van der Waals surface area contributed by atoms with Crippen LogP contribution in [0.2, 0.25) is 0 Å². The van der Waals surface area contributed by atoms with E-state index in [2.05, 4.69) is 31.2 Å². The van der Waals surface area contributed by atoms with Crippen molar-refractivity contribution in [2.24, 2.45) is 10.8 Å². The van der Waals surface area contributed by atoms with Crippen LogP contribution in [0.3, 0.4) is 0 Å². The summed E-state index contributed by atoms with van der Waals surface area (Å²) < 4.78 is 56.4. The molecular weight excluding hydrogens is 805 g/mol. The molecule has 0 bridgehead atoms. The Balaban J connectivity index is 1.15. The third-order valence-corrected chi connectivity index (χ3v) is 12.1. The normalized spacial score (nSPS) is 19.1. The van der Waals surface area contributed by atoms with Gasteiger partial charge in [0.2, 0.25) is 35.5 Å². The van der Waals surface area contributed by atoms with E-state index in [-0.39, 0.29) is 25.7 Å². The molecule has 0 saturated heterocycles. The average Bonchev–Trinajstić information content (AvgIpc) is 3.88. The van der Waals surface area contributed by atoms with Crippen molar-refractivity contribution in [2.75, 3.05) is 0 Å². The summed E-state index contributed by atoms with van der Waals surface area (Å²) in [5, 5.41) is 11.4. The summed E-state index contributed by atoms with van der Waals surface area (Å²) in [6.07, 6.45) is 0.788. The van der Waals surface area contributed by atoms with Crippen molar-refractivity contribution in [3.05, 3.63) is 72.6 Å². The zero-order chi connectivity index (χ0) is 45.5. The molecule has 2 aromatic heterocycles. The number of amides is 4. The van der Waals surface area contributed by atoms with Gasteiger partial charge in [0.25, 0.3) is 0 Å². The number of hydrogen-bond acceptors (Lipinski definition) is 6. The number of benzene rings is 2. The van der Waals surface area contributed by atoms with E-state index < -0.39 is 95.1 Å². The number of rotatable bonds is 11. The van der Waals surface area contributed by atoms with Crippen LogP contribution in [0.15, 0.2) is 60.9 Å². The minimum atomic E-state index is -2.89. The molecule has 0 aliphatic heterocycles. The fourth-order valence-electron chi connectivity index (χ4n) is 8.44. The van der Waals surface area contributed by atoms with Gasteiger partial charge in [0.05, 0.1) is 23.5 Å². The second-order valence-corrected chi connectivity index (χ2v) is 19.3. The smallest absolute Gasteiger partial charge is 0.248 e. The van der Waals surface area contributed by atoms with Crippen LogP contribution in [0.5, 0.6) is 0 Å². The number of carbonyl (C=O) groups is 4. The van der Waals surface area contributed by atoms with Crippen molar-refractivity contribution in [1.82, 2.24) is 41.2 Å². The summed E-state index contributed by atoms with van der Waals surface area (Å²) >= 11 is 0. The number of aromatic nitrogens is 4. The minimum absolute atomic E-state index is 0.177. The summed E-state index contributed by atoms with van der Waals surface area (Å²) in [4.78, 5) is 67.9. The molecule has 2 aliphatic carbocycles. The Labute approximate surface area is 359 Å². The van der Waals surface area contributed by atoms with Gasteiger partial charge < -0.3 is 31.2 Å². The van der Waals surface area contributed by atoms with E-state index in [1.807, 2.05) is 90.1 Å². The SMILES string of the molecule is CC(=O)NC1(C(=O)N[C@H](c2nc(-c3ccc(-c4ccc(-c5c[nH]c([C@@H](NC(=O)C6(NC(C)=O)CCC(F)(F)CC6)C(C)(C)C)n5)cc4)cc3)c[nH]2)C(C)(C)C)CCC(F)(F)CC1. The number of alkyl halides is 4. The van der Waals surface area contributed by atoms with Crippen LogP contribution in [0.1, 0.15) is 130 Å². The highest BCUT2D eigenvalue weighted by Crippen LogP contribution is 2.42. The van der Waals surface area contributed by atoms with Crippen LogP contribution in [-0.4, -0.2) is 66.5 Å². The summed E-state index contributed by atoms with van der Waals surface area (Å²) in [5.41, 5.74) is 0.875. The second-order valence-electron chi connectivity index (χ2n) is 19.3. The molecule has 0 radical (unpaired) electrons. The Kier molecular flexibility index (Phi) is 12.6. The highest BCUT2D eigenvalue weighted by molar-refractivity contribution is 5.92. The van der Waals surface area contributed by atoms with Gasteiger partial charge in [0.15, 0.2) is 0 Å². The predicted molar refractivity (Wildman–Crippen MR) is 228 cm³/mol. The maximum atomic E-state index is 14.1. The van der Waals surface area contributed by atoms with Gasteiger partial charge in [-0.1, -0.05) is 90.1 Å². The number of hydrogen-bond donors (Lipinski definition) is 6. The van der Waals surface area contributed by atoms with E-state index in [1.165, 1.54) is 13.8 Å². The molecule has 334 valence electrons. The molecule has 12 nitrogen and oxygen atoms in total. The first kappa shape index (κ1) is 46.0. The van der Waals surface area contributed by atoms with Crippen LogP contribution in [0, 0.1) is 10.8 Å². The number of aromatic amines is 2. The van der Waals surface area contributed by atoms with Crippen molar-refractivity contribution in [3.63, 3.8) is 0 Å². The highest BCUT2D eigenvalue weighted by Gasteiger charge is 2.51. The maximum absolute atomic E-state index is 14.1. The third kappa shape index (κ3) is 10.4. The van der Waals surface area contributed by atoms with Gasteiger partial charge in [-0.15, -0.1) is 0 Å². The topological polar surface area (TPSA) is 174 Å². The lowest BCUT2D eigenvalue weighted by Gasteiger charge is -2.41. The lowest BCUT2D eigenvalue weighted by molar-refractivity contribution is -0.140. The quantitative estimate of drug-likeness (QED) is 0.0823. The van der Waals surface area contributed by atoms with E-state index >= 15 is 0 Å². The van der Waals surface area contributed by atoms with Gasteiger partial charge in [-0.3, -0.25) is 19.2 Å². The maximum Gasteiger partial charge on any atom is 0.248 e. The van der Waals surface area contributed by atoms with E-state index in [0.717, 1.165) is 22.3 Å². The van der Waals surface area contributed by atoms with Gasteiger partial charge >= 0.3 is 0 Å². The number of imidazole rings is 2. The van der Waals surface area contributed by atoms with Crippen molar-refractivity contribution >= 4 is 23.6 Å². The first-order chi connectivity index (χ1) is 28.8. The highest BCUT2D eigenvalue weighted by atomic mass is 19.3. The van der Waals surface area contributed by atoms with Crippen LogP contribution >= 0.6 is 0 Å². The van der Waals surface area contributed by atoms with Crippen LogP contribution in [0.4, 0.5) is 17.6 Å². The van der Waals surface area contributed by atoms with Crippen molar-refractivity contribution in [1.29, 1.82) is 0 Å². The molecule has 2 aromatic carbocycles. The number of H-pyrrole nitrogens is 2. The molecule has 0 spiro atoms. The lowest BCUT2D eigenvalue weighted by atomic mass is 9.78. The summed E-state index contributed by atoms with van der Waals surface area (Å²) in [7, 11) is 0. The molecule has 2 atom stereocenters. The Bertz CT molecular complexity index is 2090. The monoisotopic (exact) mass is 862 g/mol. The minimum Gasteiger partial charge on any atom is -0.346 e. The Morgan fingerprint density at radius 3 is 1.10 bits per heavy atom. The number of nitrogens with zero attached hydrogens (tertiary/aromatic N) is 2. The molecule has 4 aromatic rings. The summed E-state index contributed by atoms with van der Waals surface area (Å²) in [6, 6.07) is 14.4. The molecule has 2 aliphatic rings.